The maximum absolute atomic E-state index is 12.3. The lowest BCUT2D eigenvalue weighted by atomic mass is 10.0. The van der Waals surface area contributed by atoms with E-state index in [1.165, 1.54) is 7.11 Å². The quantitative estimate of drug-likeness (QED) is 0.861. The van der Waals surface area contributed by atoms with E-state index in [1.807, 2.05) is 37.3 Å². The normalized spacial score (nSPS) is 11.5. The molecule has 0 saturated carbocycles. The maximum Gasteiger partial charge on any atom is 0.337 e. The number of benzene rings is 2. The molecule has 2 aromatic carbocycles. The molecule has 0 radical (unpaired) electrons. The van der Waals surface area contributed by atoms with Crippen molar-refractivity contribution in [2.45, 2.75) is 19.4 Å². The molecule has 0 saturated heterocycles. The molecule has 4 heteroatoms. The standard InChI is InChI=1S/C18H19NO3/c1-3-16(13-7-5-4-6-8-13)19-17(20)14-9-11-15(12-10-14)18(21)22-2/h4-12,16H,3H2,1-2H3,(H,19,20). The van der Waals surface area contributed by atoms with Crippen molar-refractivity contribution in [3.63, 3.8) is 0 Å². The summed E-state index contributed by atoms with van der Waals surface area (Å²) in [7, 11) is 1.33. The van der Waals surface area contributed by atoms with Gasteiger partial charge in [0, 0.05) is 5.56 Å². The molecule has 1 unspecified atom stereocenters. The van der Waals surface area contributed by atoms with E-state index in [2.05, 4.69) is 10.1 Å². The lowest BCUT2D eigenvalue weighted by Crippen LogP contribution is -2.28. The fourth-order valence-corrected chi connectivity index (χ4v) is 2.22. The second-order valence-electron chi connectivity index (χ2n) is 4.91. The largest absolute Gasteiger partial charge is 0.465 e. The summed E-state index contributed by atoms with van der Waals surface area (Å²) in [5.74, 6) is -0.574. The van der Waals surface area contributed by atoms with Gasteiger partial charge in [-0.3, -0.25) is 4.79 Å². The predicted octanol–water partition coefficient (Wildman–Crippen LogP) is 3.35. The molecule has 1 atom stereocenters. The maximum atomic E-state index is 12.3. The molecule has 0 spiro atoms. The van der Waals surface area contributed by atoms with Gasteiger partial charge in [0.05, 0.1) is 18.7 Å². The van der Waals surface area contributed by atoms with Crippen molar-refractivity contribution in [3.05, 3.63) is 71.3 Å². The van der Waals surface area contributed by atoms with E-state index >= 15 is 0 Å². The molecule has 0 aliphatic carbocycles. The minimum Gasteiger partial charge on any atom is -0.465 e. The minimum atomic E-state index is -0.414. The van der Waals surface area contributed by atoms with Gasteiger partial charge in [-0.25, -0.2) is 4.79 Å². The van der Waals surface area contributed by atoms with E-state index in [9.17, 15) is 9.59 Å². The molecule has 4 nitrogen and oxygen atoms in total. The van der Waals surface area contributed by atoms with Crippen molar-refractivity contribution >= 4 is 11.9 Å². The van der Waals surface area contributed by atoms with Crippen LogP contribution in [0.5, 0.6) is 0 Å². The van der Waals surface area contributed by atoms with Gasteiger partial charge >= 0.3 is 5.97 Å². The summed E-state index contributed by atoms with van der Waals surface area (Å²) in [6, 6.07) is 16.2. The number of esters is 1. The van der Waals surface area contributed by atoms with Crippen LogP contribution in [-0.4, -0.2) is 19.0 Å². The molecule has 2 aromatic rings. The Morgan fingerprint density at radius 3 is 2.14 bits per heavy atom. The molecule has 0 bridgehead atoms. The van der Waals surface area contributed by atoms with Gasteiger partial charge in [0.25, 0.3) is 5.91 Å². The highest BCUT2D eigenvalue weighted by atomic mass is 16.5. The first-order valence-corrected chi connectivity index (χ1v) is 7.20. The number of hydrogen-bond acceptors (Lipinski definition) is 3. The third-order valence-electron chi connectivity index (χ3n) is 3.48. The molecule has 0 aromatic heterocycles. The predicted molar refractivity (Wildman–Crippen MR) is 84.7 cm³/mol. The van der Waals surface area contributed by atoms with Crippen molar-refractivity contribution in [1.82, 2.24) is 5.32 Å². The number of carbonyl (C=O) groups excluding carboxylic acids is 2. The molecule has 0 fully saturated rings. The highest BCUT2D eigenvalue weighted by Gasteiger charge is 2.14. The van der Waals surface area contributed by atoms with Crippen LogP contribution in [0.1, 0.15) is 45.7 Å². The Kier molecular flexibility index (Phi) is 5.31. The molecule has 22 heavy (non-hydrogen) atoms. The Bertz CT molecular complexity index is 635. The van der Waals surface area contributed by atoms with E-state index in [-0.39, 0.29) is 11.9 Å². The van der Waals surface area contributed by atoms with E-state index in [4.69, 9.17) is 0 Å². The Hall–Kier alpha value is -2.62. The smallest absolute Gasteiger partial charge is 0.337 e. The van der Waals surface area contributed by atoms with Crippen LogP contribution in [0.2, 0.25) is 0 Å². The van der Waals surface area contributed by atoms with Gasteiger partial charge in [0.15, 0.2) is 0 Å². The van der Waals surface area contributed by atoms with Crippen LogP contribution in [0.3, 0.4) is 0 Å². The molecule has 1 N–H and O–H groups in total. The number of methoxy groups -OCH3 is 1. The van der Waals surface area contributed by atoms with Crippen molar-refractivity contribution in [2.24, 2.45) is 0 Å². The van der Waals surface area contributed by atoms with Gasteiger partial charge in [-0.1, -0.05) is 37.3 Å². The van der Waals surface area contributed by atoms with Crippen LogP contribution in [0.25, 0.3) is 0 Å². The molecule has 0 heterocycles. The Balaban J connectivity index is 2.09. The topological polar surface area (TPSA) is 55.4 Å². The SMILES string of the molecule is CCC(NC(=O)c1ccc(C(=O)OC)cc1)c1ccccc1. The number of rotatable bonds is 5. The lowest BCUT2D eigenvalue weighted by molar-refractivity contribution is 0.0600. The van der Waals surface area contributed by atoms with Crippen LogP contribution >= 0.6 is 0 Å². The third kappa shape index (κ3) is 3.73. The first kappa shape index (κ1) is 15.8. The summed E-state index contributed by atoms with van der Waals surface area (Å²) >= 11 is 0. The zero-order chi connectivity index (χ0) is 15.9. The van der Waals surface area contributed by atoms with Gasteiger partial charge in [0.2, 0.25) is 0 Å². The Morgan fingerprint density at radius 1 is 1.00 bits per heavy atom. The fraction of sp³-hybridized carbons (Fsp3) is 0.222. The summed E-state index contributed by atoms with van der Waals surface area (Å²) in [6.07, 6.45) is 0.802. The zero-order valence-corrected chi connectivity index (χ0v) is 12.7. The molecule has 2 rings (SSSR count). The lowest BCUT2D eigenvalue weighted by Gasteiger charge is -2.17. The molecular weight excluding hydrogens is 278 g/mol. The van der Waals surface area contributed by atoms with Gasteiger partial charge in [-0.05, 0) is 36.2 Å². The van der Waals surface area contributed by atoms with Crippen LogP contribution in [0, 0.1) is 0 Å². The number of hydrogen-bond donors (Lipinski definition) is 1. The second-order valence-corrected chi connectivity index (χ2v) is 4.91. The average Bonchev–Trinajstić information content (AvgIpc) is 2.59. The van der Waals surface area contributed by atoms with Gasteiger partial charge in [-0.15, -0.1) is 0 Å². The van der Waals surface area contributed by atoms with Crippen LogP contribution < -0.4 is 5.32 Å². The summed E-state index contributed by atoms with van der Waals surface area (Å²) in [5.41, 5.74) is 2.01. The van der Waals surface area contributed by atoms with Gasteiger partial charge in [0.1, 0.15) is 0 Å². The summed E-state index contributed by atoms with van der Waals surface area (Å²) < 4.78 is 4.64. The third-order valence-corrected chi connectivity index (χ3v) is 3.48. The summed E-state index contributed by atoms with van der Waals surface area (Å²) in [6.45, 7) is 2.03. The van der Waals surface area contributed by atoms with Crippen molar-refractivity contribution < 1.29 is 14.3 Å². The minimum absolute atomic E-state index is 0.0333. The van der Waals surface area contributed by atoms with Crippen LogP contribution in [-0.2, 0) is 4.74 Å². The van der Waals surface area contributed by atoms with Gasteiger partial charge < -0.3 is 10.1 Å². The monoisotopic (exact) mass is 297 g/mol. The van der Waals surface area contributed by atoms with E-state index in [0.717, 1.165) is 12.0 Å². The molecule has 114 valence electrons. The second kappa shape index (κ2) is 7.41. The average molecular weight is 297 g/mol. The molecule has 0 aliphatic rings. The summed E-state index contributed by atoms with van der Waals surface area (Å²) in [4.78, 5) is 23.7. The molecule has 0 aliphatic heterocycles. The van der Waals surface area contributed by atoms with Crippen molar-refractivity contribution in [3.8, 4) is 0 Å². The van der Waals surface area contributed by atoms with Gasteiger partial charge in [-0.2, -0.15) is 0 Å². The van der Waals surface area contributed by atoms with E-state index < -0.39 is 5.97 Å². The Labute approximate surface area is 130 Å². The number of nitrogens with one attached hydrogen (secondary N) is 1. The first-order chi connectivity index (χ1) is 10.7. The zero-order valence-electron chi connectivity index (χ0n) is 12.7. The van der Waals surface area contributed by atoms with E-state index in [1.54, 1.807) is 24.3 Å². The fourth-order valence-electron chi connectivity index (χ4n) is 2.22. The Morgan fingerprint density at radius 2 is 1.59 bits per heavy atom. The first-order valence-electron chi connectivity index (χ1n) is 7.20. The summed E-state index contributed by atoms with van der Waals surface area (Å²) in [5, 5.41) is 3.01. The van der Waals surface area contributed by atoms with Crippen molar-refractivity contribution in [1.29, 1.82) is 0 Å². The van der Waals surface area contributed by atoms with E-state index in [0.29, 0.717) is 11.1 Å². The molecule has 1 amide bonds. The van der Waals surface area contributed by atoms with Crippen LogP contribution in [0.15, 0.2) is 54.6 Å². The number of ether oxygens (including phenoxy) is 1. The number of amides is 1. The highest BCUT2D eigenvalue weighted by Crippen LogP contribution is 2.17. The number of carbonyl (C=O) groups is 2. The van der Waals surface area contributed by atoms with Crippen LogP contribution in [0.4, 0.5) is 0 Å². The molecular formula is C18H19NO3. The van der Waals surface area contributed by atoms with Crippen molar-refractivity contribution in [2.75, 3.05) is 7.11 Å². The highest BCUT2D eigenvalue weighted by molar-refractivity contribution is 5.96.